The molecule has 2 heterocycles. The van der Waals surface area contributed by atoms with Gasteiger partial charge >= 0.3 is 5.97 Å². The number of halogens is 2. The van der Waals surface area contributed by atoms with Crippen LogP contribution in [0, 0.1) is 23.7 Å². The van der Waals surface area contributed by atoms with Gasteiger partial charge in [-0.1, -0.05) is 69.2 Å². The van der Waals surface area contributed by atoms with Gasteiger partial charge in [0.05, 0.1) is 34.1 Å². The Labute approximate surface area is 510 Å². The maximum Gasteiger partial charge on any atom is 0.306 e. The van der Waals surface area contributed by atoms with E-state index in [0.717, 1.165) is 0 Å². The summed E-state index contributed by atoms with van der Waals surface area (Å²) in [6.07, 6.45) is 2.99. The maximum absolute atomic E-state index is 15.0. The molecule has 27 heteroatoms. The number of ketones is 3. The minimum Gasteiger partial charge on any atom is -0.481 e. The SMILES string of the molecule is CCC(C)[C@H](NC(=O)[C@@H](CC(=O)[C@@H]1CCCN1C(=O)[C@H](CCCN=C(N)N)CC(=O)[C@@H](CCCN=C(N)N)NC(=O)[C@@H]1CCCN1C(=O)[C@H](CCCCNC(=O)CCS)NC(C)=O)Cc1ccc(Cl)c(Cl)c1)C(=O)C[C@@H](C[Si](C)(C)C)C(=O)O. The second-order valence-corrected chi connectivity index (χ2v) is 30.2. The minimum absolute atomic E-state index is 0.00972. The van der Waals surface area contributed by atoms with Gasteiger partial charge in [-0.3, -0.25) is 57.9 Å². The van der Waals surface area contributed by atoms with E-state index in [1.54, 1.807) is 25.1 Å². The first kappa shape index (κ1) is 72.5. The quantitative estimate of drug-likeness (QED) is 0.0148. The van der Waals surface area contributed by atoms with E-state index < -0.39 is 115 Å². The van der Waals surface area contributed by atoms with E-state index >= 15 is 0 Å². The van der Waals surface area contributed by atoms with Crippen molar-refractivity contribution in [2.45, 2.75) is 186 Å². The van der Waals surface area contributed by atoms with Crippen molar-refractivity contribution in [1.29, 1.82) is 0 Å². The first-order valence-corrected chi connectivity index (χ1v) is 34.4. The molecule has 1 aromatic rings. The van der Waals surface area contributed by atoms with E-state index in [4.69, 9.17) is 46.1 Å². The number of amides is 6. The fourth-order valence-electron chi connectivity index (χ4n) is 10.8. The Bertz CT molecular complexity index is 2510. The van der Waals surface area contributed by atoms with Gasteiger partial charge in [-0.2, -0.15) is 12.6 Å². The molecule has 2 aliphatic rings. The van der Waals surface area contributed by atoms with Gasteiger partial charge < -0.3 is 59.1 Å². The number of unbranched alkanes of at least 4 members (excludes halogenated alkanes) is 1. The lowest BCUT2D eigenvalue weighted by atomic mass is 9.87. The van der Waals surface area contributed by atoms with E-state index in [1.807, 2.05) is 26.6 Å². The maximum atomic E-state index is 15.0. The van der Waals surface area contributed by atoms with Crippen LogP contribution in [0.1, 0.15) is 129 Å². The van der Waals surface area contributed by atoms with Crippen LogP contribution in [0.5, 0.6) is 0 Å². The number of benzene rings is 1. The van der Waals surface area contributed by atoms with E-state index in [2.05, 4.69) is 43.9 Å². The number of likely N-dealkylation sites (tertiary alicyclic amines) is 2. The number of hydrogen-bond donors (Lipinski definition) is 10. The summed E-state index contributed by atoms with van der Waals surface area (Å²) in [5.74, 6) is -8.66. The highest BCUT2D eigenvalue weighted by Gasteiger charge is 2.42. The molecule has 0 aromatic heterocycles. The second kappa shape index (κ2) is 36.3. The molecule has 3 rings (SSSR count). The molecule has 0 bridgehead atoms. The molecular formula is C57H92Cl2N12O11SSi. The fraction of sp³-hybridized carbons (Fsp3) is 0.684. The molecule has 13 N–H and O–H groups in total. The van der Waals surface area contributed by atoms with Crippen molar-refractivity contribution in [3.63, 3.8) is 0 Å². The molecule has 1 unspecified atom stereocenters. The number of nitrogens with two attached hydrogens (primary N) is 4. The molecule has 0 radical (unpaired) electrons. The number of nitrogens with one attached hydrogen (secondary N) is 4. The van der Waals surface area contributed by atoms with Crippen molar-refractivity contribution in [3.8, 4) is 0 Å². The van der Waals surface area contributed by atoms with Crippen LogP contribution < -0.4 is 44.2 Å². The summed E-state index contributed by atoms with van der Waals surface area (Å²) >= 11 is 16.8. The monoisotopic (exact) mass is 1250 g/mol. The Kier molecular flexibility index (Phi) is 31.3. The second-order valence-electron chi connectivity index (χ2n) is 23.4. The molecule has 470 valence electrons. The predicted molar refractivity (Wildman–Crippen MR) is 331 cm³/mol. The Morgan fingerprint density at radius 3 is 1.90 bits per heavy atom. The van der Waals surface area contributed by atoms with Crippen LogP contribution in [-0.2, 0) is 54.4 Å². The summed E-state index contributed by atoms with van der Waals surface area (Å²) in [6, 6.07) is -0.0179. The number of carbonyl (C=O) groups excluding carboxylic acids is 9. The van der Waals surface area contributed by atoms with Gasteiger partial charge in [-0.05, 0) is 112 Å². The van der Waals surface area contributed by atoms with E-state index in [1.165, 1.54) is 16.7 Å². The van der Waals surface area contributed by atoms with E-state index in [9.17, 15) is 53.1 Å². The number of aliphatic carboxylic acids is 1. The number of guanidine groups is 2. The van der Waals surface area contributed by atoms with E-state index in [0.29, 0.717) is 56.0 Å². The standard InChI is InChI=1S/C57H92Cl2N12O11SSi/c1-7-34(2)50(48(75)32-39(55(81)82)33-84(4,5)6)69-51(77)38(28-36-19-20-40(58)41(59)29-36)31-47(74)44-17-12-25-70(44)53(79)37(14-10-23-65-56(60)61)30-46(73)42(16-11-24-66-57(62)63)68-52(78)45-18-13-26-71(45)54(80)43(67-35(3)72)15-8-9-22-64-49(76)21-27-83/h19-20,29,34,37-39,42-45,50,83H,7-18,21-28,30-33H2,1-6H3,(H,64,76)(H,67,72)(H,68,78)(H,69,77)(H,81,82)(H4,60,61,65)(H4,62,63,66)/t34?,37-,38-,39+,42-,43+,44+,45+,50+/m1/s1. The van der Waals surface area contributed by atoms with Gasteiger partial charge in [0.15, 0.2) is 29.3 Å². The first-order chi connectivity index (χ1) is 39.6. The molecule has 0 spiro atoms. The number of thiol groups is 1. The number of hydrogen-bond acceptors (Lipinski definition) is 13. The van der Waals surface area contributed by atoms with Crippen LogP contribution in [0.15, 0.2) is 28.2 Å². The number of nitrogens with zero attached hydrogens (tertiary/aromatic N) is 4. The van der Waals surface area contributed by atoms with Crippen molar-refractivity contribution >= 4 is 115 Å². The molecule has 1 aromatic carbocycles. The summed E-state index contributed by atoms with van der Waals surface area (Å²) in [5.41, 5.74) is 23.0. The lowest BCUT2D eigenvalue weighted by Crippen LogP contribution is -2.55. The van der Waals surface area contributed by atoms with Crippen molar-refractivity contribution in [1.82, 2.24) is 31.1 Å². The average molecular weight is 1250 g/mol. The molecule has 2 saturated heterocycles. The molecule has 2 aliphatic heterocycles. The van der Waals surface area contributed by atoms with Crippen LogP contribution in [0.3, 0.4) is 0 Å². The minimum atomic E-state index is -1.93. The van der Waals surface area contributed by atoms with Crippen molar-refractivity contribution in [3.05, 3.63) is 33.8 Å². The molecule has 9 atom stereocenters. The lowest BCUT2D eigenvalue weighted by Gasteiger charge is -2.31. The first-order valence-electron chi connectivity index (χ1n) is 29.3. The predicted octanol–water partition coefficient (Wildman–Crippen LogP) is 3.90. The van der Waals surface area contributed by atoms with Crippen LogP contribution in [-0.4, -0.2) is 162 Å². The smallest absolute Gasteiger partial charge is 0.306 e. The van der Waals surface area contributed by atoms with Gasteiger partial charge in [0, 0.05) is 85.2 Å². The van der Waals surface area contributed by atoms with Gasteiger partial charge in [0.25, 0.3) is 0 Å². The fourth-order valence-corrected chi connectivity index (χ4v) is 13.1. The van der Waals surface area contributed by atoms with E-state index in [-0.39, 0.29) is 131 Å². The third kappa shape index (κ3) is 25.0. The Balaban J connectivity index is 1.95. The summed E-state index contributed by atoms with van der Waals surface area (Å²) in [4.78, 5) is 149. The highest BCUT2D eigenvalue weighted by atomic mass is 35.5. The van der Waals surface area contributed by atoms with Crippen LogP contribution >= 0.6 is 35.8 Å². The number of rotatable bonds is 38. The molecule has 84 heavy (non-hydrogen) atoms. The number of Topliss-reactive ketones (excluding diaryl/α,β-unsaturated/α-hetero) is 3. The van der Waals surface area contributed by atoms with Crippen LogP contribution in [0.2, 0.25) is 35.7 Å². The zero-order valence-corrected chi connectivity index (χ0v) is 53.1. The summed E-state index contributed by atoms with van der Waals surface area (Å²) in [7, 11) is -1.93. The Morgan fingerprint density at radius 2 is 1.33 bits per heavy atom. The third-order valence-electron chi connectivity index (χ3n) is 15.3. The van der Waals surface area contributed by atoms with Crippen LogP contribution in [0.4, 0.5) is 0 Å². The number of carboxylic acids is 1. The summed E-state index contributed by atoms with van der Waals surface area (Å²) in [6.45, 7) is 11.9. The normalized spacial score (nSPS) is 17.5. The Morgan fingerprint density at radius 1 is 0.738 bits per heavy atom. The van der Waals surface area contributed by atoms with Gasteiger partial charge in [0.2, 0.25) is 35.4 Å². The average Bonchev–Trinajstić information content (AvgIpc) is 4.02. The highest BCUT2D eigenvalue weighted by Crippen LogP contribution is 2.31. The van der Waals surface area contributed by atoms with Crippen molar-refractivity contribution in [2.75, 3.05) is 38.5 Å². The number of aliphatic imine (C=N–C) groups is 2. The highest BCUT2D eigenvalue weighted by molar-refractivity contribution is 7.80. The molecule has 6 amide bonds. The molecule has 0 saturated carbocycles. The largest absolute Gasteiger partial charge is 0.481 e. The zero-order valence-electron chi connectivity index (χ0n) is 49.7. The zero-order chi connectivity index (χ0) is 62.8. The molecule has 23 nitrogen and oxygen atoms in total. The Hall–Kier alpha value is -5.79. The van der Waals surface area contributed by atoms with Gasteiger partial charge in [-0.15, -0.1) is 0 Å². The lowest BCUT2D eigenvalue weighted by molar-refractivity contribution is -0.144. The molecule has 2 fully saturated rings. The van der Waals surface area contributed by atoms with Gasteiger partial charge in [0.1, 0.15) is 12.1 Å². The summed E-state index contributed by atoms with van der Waals surface area (Å²) in [5, 5.41) is 21.9. The summed E-state index contributed by atoms with van der Waals surface area (Å²) < 4.78 is 0. The van der Waals surface area contributed by atoms with Gasteiger partial charge in [-0.25, -0.2) is 0 Å². The van der Waals surface area contributed by atoms with Crippen LogP contribution in [0.25, 0.3) is 0 Å². The topological polar surface area (TPSA) is 374 Å². The number of carboxylic acid groups (broad SMARTS) is 1. The number of carbonyl (C=O) groups is 10. The molecule has 0 aliphatic carbocycles. The molecular weight excluding hydrogens is 1160 g/mol. The van der Waals surface area contributed by atoms with Crippen molar-refractivity contribution in [2.24, 2.45) is 56.6 Å². The van der Waals surface area contributed by atoms with Crippen molar-refractivity contribution < 1.29 is 53.1 Å². The third-order valence-corrected chi connectivity index (χ3v) is 17.9.